The van der Waals surface area contributed by atoms with Gasteiger partial charge in [0.25, 0.3) is 0 Å². The number of anilines is 1. The zero-order chi connectivity index (χ0) is 14.5. The van der Waals surface area contributed by atoms with Crippen molar-refractivity contribution in [3.05, 3.63) is 59.6 Å². The first-order valence-electron chi connectivity index (χ1n) is 5.87. The van der Waals surface area contributed by atoms with Crippen molar-refractivity contribution in [2.75, 3.05) is 5.32 Å². The highest BCUT2D eigenvalue weighted by atomic mass is 32.1. The lowest BCUT2D eigenvalue weighted by Crippen LogP contribution is -2.12. The maximum atomic E-state index is 10.00. The summed E-state index contributed by atoms with van der Waals surface area (Å²) >= 11 is 5.15. The van der Waals surface area contributed by atoms with E-state index in [1.807, 2.05) is 37.3 Å². The number of thiocarbonyl (C=S) groups is 1. The van der Waals surface area contributed by atoms with E-state index in [0.29, 0.717) is 0 Å². The van der Waals surface area contributed by atoms with Gasteiger partial charge in [-0.1, -0.05) is 29.9 Å². The van der Waals surface area contributed by atoms with E-state index in [4.69, 9.17) is 21.9 Å². The van der Waals surface area contributed by atoms with Gasteiger partial charge in [-0.3, -0.25) is 0 Å². The second-order valence-corrected chi connectivity index (χ2v) is 4.54. The summed E-state index contributed by atoms with van der Waals surface area (Å²) in [7, 11) is 0. The number of aliphatic hydroxyl groups is 1. The summed E-state index contributed by atoms with van der Waals surface area (Å²) < 4.78 is 5.05. The third kappa shape index (κ3) is 3.05. The molecule has 4 nitrogen and oxygen atoms in total. The van der Waals surface area contributed by atoms with Crippen molar-refractivity contribution >= 4 is 28.7 Å². The van der Waals surface area contributed by atoms with Crippen LogP contribution in [0.5, 0.6) is 0 Å². The second-order valence-electron chi connectivity index (χ2n) is 4.13. The lowest BCUT2D eigenvalue weighted by Gasteiger charge is -2.08. The van der Waals surface area contributed by atoms with E-state index >= 15 is 0 Å². The van der Waals surface area contributed by atoms with Gasteiger partial charge in [-0.25, -0.2) is 0 Å². The molecule has 0 saturated heterocycles. The average molecular weight is 284 g/mol. The number of hydrogen-bond donors (Lipinski definition) is 2. The molecule has 2 rings (SSSR count). The first-order chi connectivity index (χ1) is 9.61. The number of nitrogens with one attached hydrogen (secondary N) is 1. The molecular weight excluding hydrogens is 272 g/mol. The van der Waals surface area contributed by atoms with E-state index in [2.05, 4.69) is 5.32 Å². The molecule has 0 bridgehead atoms. The standard InChI is InChI=1S/C15H12N2O2S/c1-10-4-6-11(7-5-10)17-15(20)12(9-16)14(18)13-3-2-8-19-13/h2-8,18H,1H3,(H,17,20)/b14-12-. The van der Waals surface area contributed by atoms with Crippen molar-refractivity contribution in [1.82, 2.24) is 0 Å². The summed E-state index contributed by atoms with van der Waals surface area (Å²) in [6.45, 7) is 1.98. The Morgan fingerprint density at radius 3 is 2.55 bits per heavy atom. The Balaban J connectivity index is 2.24. The maximum Gasteiger partial charge on any atom is 0.179 e. The van der Waals surface area contributed by atoms with Gasteiger partial charge in [-0.2, -0.15) is 5.26 Å². The van der Waals surface area contributed by atoms with Crippen LogP contribution in [0.2, 0.25) is 0 Å². The molecule has 0 spiro atoms. The molecule has 1 aromatic carbocycles. The van der Waals surface area contributed by atoms with Crippen LogP contribution in [-0.4, -0.2) is 10.1 Å². The van der Waals surface area contributed by atoms with Gasteiger partial charge in [0, 0.05) is 5.69 Å². The quantitative estimate of drug-likeness (QED) is 0.388. The molecule has 5 heteroatoms. The molecule has 0 atom stereocenters. The van der Waals surface area contributed by atoms with Crippen molar-refractivity contribution < 1.29 is 9.52 Å². The largest absolute Gasteiger partial charge is 0.503 e. The summed E-state index contributed by atoms with van der Waals surface area (Å²) in [5.74, 6) is -0.0725. The zero-order valence-electron chi connectivity index (χ0n) is 10.8. The van der Waals surface area contributed by atoms with E-state index in [9.17, 15) is 5.11 Å². The Hall–Kier alpha value is -2.58. The van der Waals surface area contributed by atoms with Crippen molar-refractivity contribution in [3.63, 3.8) is 0 Å². The van der Waals surface area contributed by atoms with Crippen LogP contribution in [0.3, 0.4) is 0 Å². The first-order valence-corrected chi connectivity index (χ1v) is 6.28. The number of hydrogen-bond acceptors (Lipinski definition) is 4. The van der Waals surface area contributed by atoms with Gasteiger partial charge in [-0.05, 0) is 31.2 Å². The van der Waals surface area contributed by atoms with E-state index in [-0.39, 0.29) is 22.1 Å². The number of aryl methyl sites for hydroxylation is 1. The summed E-state index contributed by atoms with van der Waals surface area (Å²) in [4.78, 5) is 0.144. The number of benzene rings is 1. The predicted molar refractivity (Wildman–Crippen MR) is 81.3 cm³/mol. The van der Waals surface area contributed by atoms with Crippen LogP contribution in [0, 0.1) is 18.3 Å². The fourth-order valence-corrected chi connectivity index (χ4v) is 1.84. The number of aliphatic hydroxyl groups excluding tert-OH is 1. The van der Waals surface area contributed by atoms with Crippen LogP contribution in [0.1, 0.15) is 11.3 Å². The van der Waals surface area contributed by atoms with Gasteiger partial charge in [0.1, 0.15) is 16.6 Å². The zero-order valence-corrected chi connectivity index (χ0v) is 11.6. The van der Waals surface area contributed by atoms with Gasteiger partial charge in [-0.15, -0.1) is 0 Å². The van der Waals surface area contributed by atoms with Gasteiger partial charge in [0.2, 0.25) is 0 Å². The third-order valence-electron chi connectivity index (χ3n) is 2.64. The topological polar surface area (TPSA) is 69.2 Å². The molecule has 1 aromatic heterocycles. The van der Waals surface area contributed by atoms with Crippen molar-refractivity contribution in [2.45, 2.75) is 6.92 Å². The fraction of sp³-hybridized carbons (Fsp3) is 0.0667. The van der Waals surface area contributed by atoms with Gasteiger partial charge in [0.15, 0.2) is 11.5 Å². The Kier molecular flexibility index (Phi) is 4.18. The Bertz CT molecular complexity index is 680. The molecule has 0 amide bonds. The van der Waals surface area contributed by atoms with Gasteiger partial charge in [0.05, 0.1) is 6.26 Å². The molecule has 20 heavy (non-hydrogen) atoms. The molecular formula is C15H12N2O2S. The SMILES string of the molecule is Cc1ccc(NC(=S)/C(C#N)=C(\O)c2ccco2)cc1. The predicted octanol–water partition coefficient (Wildman–Crippen LogP) is 3.82. The molecule has 0 aliphatic heterocycles. The lowest BCUT2D eigenvalue weighted by molar-refractivity contribution is 0.458. The summed E-state index contributed by atoms with van der Waals surface area (Å²) in [6, 6.07) is 12.6. The summed E-state index contributed by atoms with van der Waals surface area (Å²) in [5.41, 5.74) is 1.84. The molecule has 0 aliphatic carbocycles. The van der Waals surface area contributed by atoms with Crippen LogP contribution in [0.25, 0.3) is 5.76 Å². The van der Waals surface area contributed by atoms with E-state index < -0.39 is 0 Å². The van der Waals surface area contributed by atoms with Crippen LogP contribution in [-0.2, 0) is 0 Å². The molecule has 0 aliphatic rings. The minimum atomic E-state index is -0.276. The molecule has 1 heterocycles. The number of nitriles is 1. The van der Waals surface area contributed by atoms with Gasteiger partial charge >= 0.3 is 0 Å². The highest BCUT2D eigenvalue weighted by molar-refractivity contribution is 7.81. The van der Waals surface area contributed by atoms with Crippen LogP contribution in [0.15, 0.2) is 52.7 Å². The number of furan rings is 1. The highest BCUT2D eigenvalue weighted by Crippen LogP contribution is 2.18. The minimum absolute atomic E-state index is 0.0319. The second kappa shape index (κ2) is 6.04. The molecule has 2 aromatic rings. The average Bonchev–Trinajstić information content (AvgIpc) is 2.96. The number of nitrogens with zero attached hydrogens (tertiary/aromatic N) is 1. The molecule has 2 N–H and O–H groups in total. The maximum absolute atomic E-state index is 10.00. The van der Waals surface area contributed by atoms with Crippen molar-refractivity contribution in [1.29, 1.82) is 5.26 Å². The minimum Gasteiger partial charge on any atom is -0.503 e. The first kappa shape index (κ1) is 13.8. The van der Waals surface area contributed by atoms with E-state index in [0.717, 1.165) is 11.3 Å². The van der Waals surface area contributed by atoms with Crippen LogP contribution < -0.4 is 5.32 Å². The molecule has 0 fully saturated rings. The van der Waals surface area contributed by atoms with Crippen molar-refractivity contribution in [2.24, 2.45) is 0 Å². The summed E-state index contributed by atoms with van der Waals surface area (Å²) in [5, 5.41) is 22.1. The summed E-state index contributed by atoms with van der Waals surface area (Å²) in [6.07, 6.45) is 1.41. The number of rotatable bonds is 3. The Labute approximate surface area is 122 Å². The highest BCUT2D eigenvalue weighted by Gasteiger charge is 2.15. The molecule has 0 radical (unpaired) electrons. The lowest BCUT2D eigenvalue weighted by atomic mass is 10.2. The van der Waals surface area contributed by atoms with E-state index in [1.54, 1.807) is 12.1 Å². The molecule has 100 valence electrons. The van der Waals surface area contributed by atoms with Gasteiger partial charge < -0.3 is 14.8 Å². The van der Waals surface area contributed by atoms with E-state index in [1.165, 1.54) is 6.26 Å². The fourth-order valence-electron chi connectivity index (χ4n) is 1.58. The van der Waals surface area contributed by atoms with Crippen LogP contribution in [0.4, 0.5) is 5.69 Å². The van der Waals surface area contributed by atoms with Crippen molar-refractivity contribution in [3.8, 4) is 6.07 Å². The normalized spacial score (nSPS) is 11.4. The Morgan fingerprint density at radius 1 is 1.30 bits per heavy atom. The monoisotopic (exact) mass is 284 g/mol. The molecule has 0 saturated carbocycles. The third-order valence-corrected chi connectivity index (χ3v) is 2.95. The Morgan fingerprint density at radius 2 is 2.00 bits per heavy atom. The smallest absolute Gasteiger partial charge is 0.179 e. The van der Waals surface area contributed by atoms with Crippen LogP contribution >= 0.6 is 12.2 Å². The molecule has 0 unspecified atom stereocenters.